The number of carboxylic acids is 1. The lowest BCUT2D eigenvalue weighted by atomic mass is 9.48. The fourth-order valence-corrected chi connectivity index (χ4v) is 11.3. The summed E-state index contributed by atoms with van der Waals surface area (Å²) in [6, 6.07) is 5.76. The summed E-state index contributed by atoms with van der Waals surface area (Å²) in [7, 11) is 0. The molecule has 8 aliphatic rings. The molecule has 54 heavy (non-hydrogen) atoms. The van der Waals surface area contributed by atoms with E-state index in [1.54, 1.807) is 5.01 Å². The number of fused-ring (bicyclic) bond motifs is 2. The van der Waals surface area contributed by atoms with E-state index >= 15 is 8.78 Å². The monoisotopic (exact) mass is 756 g/mol. The van der Waals surface area contributed by atoms with Gasteiger partial charge in [0.15, 0.2) is 0 Å². The number of aliphatic carboxylic acids is 1. The van der Waals surface area contributed by atoms with Crippen LogP contribution in [0.2, 0.25) is 0 Å². The Morgan fingerprint density at radius 3 is 2.26 bits per heavy atom. The maximum atomic E-state index is 15.5. The Balaban J connectivity index is 0.970. The van der Waals surface area contributed by atoms with E-state index in [9.17, 15) is 23.5 Å². The molecule has 0 unspecified atom stereocenters. The number of hydrogen-bond acceptors (Lipinski definition) is 9. The van der Waals surface area contributed by atoms with Crippen LogP contribution in [0.5, 0.6) is 5.75 Å². The zero-order valence-electron chi connectivity index (χ0n) is 30.5. The minimum atomic E-state index is -3.52. The first-order chi connectivity index (χ1) is 25.7. The Morgan fingerprint density at radius 1 is 0.963 bits per heavy atom. The SMILES string of the molecule is CC(F)(F)c1nc(N2CC3(CCOCC3)c3cc(OC4CCN(N5CCC(F)(F)C5)CC4)ccc32)ncc1C(=O)NC1(C(=O)O)C2CC3CC(C2)CC1C3. The van der Waals surface area contributed by atoms with Gasteiger partial charge in [-0.1, -0.05) is 0 Å². The summed E-state index contributed by atoms with van der Waals surface area (Å²) in [6.07, 6.45) is 7.62. The van der Waals surface area contributed by atoms with E-state index in [0.717, 1.165) is 23.9 Å². The predicted octanol–water partition coefficient (Wildman–Crippen LogP) is 5.90. The van der Waals surface area contributed by atoms with Gasteiger partial charge in [-0.25, -0.2) is 33.6 Å². The molecule has 11 nitrogen and oxygen atoms in total. The summed E-state index contributed by atoms with van der Waals surface area (Å²) in [5.74, 6) is -7.06. The molecule has 3 saturated heterocycles. The maximum absolute atomic E-state index is 15.5. The number of anilines is 2. The van der Waals surface area contributed by atoms with Crippen molar-refractivity contribution in [3.8, 4) is 5.75 Å². The predicted molar refractivity (Wildman–Crippen MR) is 188 cm³/mol. The molecule has 1 spiro atoms. The van der Waals surface area contributed by atoms with Crippen LogP contribution in [0, 0.1) is 23.7 Å². The van der Waals surface area contributed by atoms with Crippen LogP contribution in [0.25, 0.3) is 0 Å². The molecule has 1 aromatic heterocycles. The first-order valence-electron chi connectivity index (χ1n) is 19.6. The normalized spacial score (nSPS) is 31.9. The molecule has 2 aromatic rings. The van der Waals surface area contributed by atoms with E-state index in [-0.39, 0.29) is 42.3 Å². The average Bonchev–Trinajstić information content (AvgIpc) is 3.65. The zero-order valence-corrected chi connectivity index (χ0v) is 30.5. The van der Waals surface area contributed by atoms with Crippen molar-refractivity contribution in [1.82, 2.24) is 25.3 Å². The highest BCUT2D eigenvalue weighted by Crippen LogP contribution is 2.58. The molecule has 2 N–H and O–H groups in total. The third-order valence-electron chi connectivity index (χ3n) is 13.8. The average molecular weight is 757 g/mol. The summed E-state index contributed by atoms with van der Waals surface area (Å²) in [4.78, 5) is 37.6. The van der Waals surface area contributed by atoms with Crippen LogP contribution < -0.4 is 15.0 Å². The largest absolute Gasteiger partial charge is 0.490 e. The molecule has 15 heteroatoms. The van der Waals surface area contributed by atoms with Gasteiger partial charge in [-0.05, 0) is 105 Å². The summed E-state index contributed by atoms with van der Waals surface area (Å²) < 4.78 is 70.7. The van der Waals surface area contributed by atoms with Crippen LogP contribution >= 0.6 is 0 Å². The number of benzene rings is 1. The summed E-state index contributed by atoms with van der Waals surface area (Å²) in [5.41, 5.74) is -1.30. The highest BCUT2D eigenvalue weighted by molar-refractivity contribution is 5.99. The van der Waals surface area contributed by atoms with E-state index in [0.29, 0.717) is 115 Å². The molecule has 4 bridgehead atoms. The number of alkyl halides is 4. The van der Waals surface area contributed by atoms with Crippen molar-refractivity contribution in [3.63, 3.8) is 0 Å². The minimum Gasteiger partial charge on any atom is -0.490 e. The van der Waals surface area contributed by atoms with Gasteiger partial charge < -0.3 is 24.8 Å². The number of hydrazine groups is 1. The van der Waals surface area contributed by atoms with Gasteiger partial charge in [-0.2, -0.15) is 8.78 Å². The number of piperidine rings is 1. The fraction of sp³-hybridized carbons (Fsp3) is 0.692. The number of carboxylic acid groups (broad SMARTS) is 1. The second kappa shape index (κ2) is 13.0. The molecule has 292 valence electrons. The van der Waals surface area contributed by atoms with Crippen molar-refractivity contribution >= 4 is 23.5 Å². The number of nitrogens with one attached hydrogen (secondary N) is 1. The Labute approximate surface area is 311 Å². The third-order valence-corrected chi connectivity index (χ3v) is 13.8. The first kappa shape index (κ1) is 36.1. The topological polar surface area (TPSA) is 120 Å². The Morgan fingerprint density at radius 2 is 1.65 bits per heavy atom. The van der Waals surface area contributed by atoms with Crippen LogP contribution in [0.1, 0.15) is 92.7 Å². The zero-order chi connectivity index (χ0) is 37.6. The first-order valence-corrected chi connectivity index (χ1v) is 19.6. The van der Waals surface area contributed by atoms with Gasteiger partial charge in [0.2, 0.25) is 5.95 Å². The van der Waals surface area contributed by atoms with Crippen molar-refractivity contribution < 1.29 is 41.7 Å². The van der Waals surface area contributed by atoms with E-state index in [2.05, 4.69) is 15.3 Å². The number of nitrogens with zero attached hydrogens (tertiary/aromatic N) is 5. The lowest BCUT2D eigenvalue weighted by Gasteiger charge is -2.59. The van der Waals surface area contributed by atoms with E-state index in [1.807, 2.05) is 28.1 Å². The Hall–Kier alpha value is -3.56. The molecule has 1 amide bonds. The lowest BCUT2D eigenvalue weighted by molar-refractivity contribution is -0.163. The van der Waals surface area contributed by atoms with Crippen LogP contribution in [0.15, 0.2) is 24.4 Å². The standard InChI is InChI=1S/C39H48F4N6O5/c1-36(40,41)32-29(33(50)46-39(34(51)52)25-15-23-14-24(17-25)18-26(39)16-23)20-44-35(45-32)49-21-37(7-12-53-13-8-37)30-19-28(2-3-31(30)49)54-27-4-9-47(10-5-27)48-11-6-38(42,43)22-48/h2-3,19-20,23-27H,4-18,21-22H2,1H3,(H,46,50)(H,51,52). The number of amides is 1. The minimum absolute atomic E-state index is 0.0313. The van der Waals surface area contributed by atoms with Gasteiger partial charge in [-0.3, -0.25) is 4.79 Å². The molecule has 4 aliphatic heterocycles. The van der Waals surface area contributed by atoms with Crippen molar-refractivity contribution in [3.05, 3.63) is 41.2 Å². The molecule has 4 saturated carbocycles. The molecule has 1 aromatic carbocycles. The van der Waals surface area contributed by atoms with Gasteiger partial charge in [0.1, 0.15) is 23.1 Å². The van der Waals surface area contributed by atoms with Gasteiger partial charge >= 0.3 is 5.97 Å². The number of halogens is 4. The molecule has 0 radical (unpaired) electrons. The van der Waals surface area contributed by atoms with Crippen LogP contribution in [-0.2, 0) is 20.9 Å². The number of hydrogen-bond donors (Lipinski definition) is 2. The van der Waals surface area contributed by atoms with E-state index in [4.69, 9.17) is 9.47 Å². The fourth-order valence-electron chi connectivity index (χ4n) is 11.3. The molecule has 5 heterocycles. The van der Waals surface area contributed by atoms with Crippen molar-refractivity contribution in [2.75, 3.05) is 50.8 Å². The lowest BCUT2D eigenvalue weighted by Crippen LogP contribution is -2.70. The summed E-state index contributed by atoms with van der Waals surface area (Å²) >= 11 is 0. The Kier molecular flexibility index (Phi) is 8.70. The van der Waals surface area contributed by atoms with E-state index < -0.39 is 40.5 Å². The van der Waals surface area contributed by atoms with Gasteiger partial charge in [-0.15, -0.1) is 0 Å². The molecule has 4 aliphatic carbocycles. The highest BCUT2D eigenvalue weighted by atomic mass is 19.3. The highest BCUT2D eigenvalue weighted by Gasteiger charge is 2.62. The smallest absolute Gasteiger partial charge is 0.330 e. The van der Waals surface area contributed by atoms with Crippen LogP contribution in [0.4, 0.5) is 29.2 Å². The van der Waals surface area contributed by atoms with Crippen LogP contribution in [0.3, 0.4) is 0 Å². The van der Waals surface area contributed by atoms with Crippen LogP contribution in [-0.4, -0.2) is 100 Å². The van der Waals surface area contributed by atoms with E-state index in [1.165, 1.54) is 0 Å². The maximum Gasteiger partial charge on any atom is 0.330 e. The number of carbonyl (C=O) groups is 2. The number of aromatic nitrogens is 2. The molecule has 10 rings (SSSR count). The third kappa shape index (κ3) is 6.12. The molecular weight excluding hydrogens is 708 g/mol. The second-order valence-electron chi connectivity index (χ2n) is 17.2. The number of ether oxygens (including phenoxy) is 2. The van der Waals surface area contributed by atoms with Gasteiger partial charge in [0.25, 0.3) is 17.8 Å². The molecular formula is C39H48F4N6O5. The second-order valence-corrected chi connectivity index (χ2v) is 17.2. The molecule has 0 atom stereocenters. The quantitative estimate of drug-likeness (QED) is 0.316. The number of carbonyl (C=O) groups excluding carboxylic acids is 1. The van der Waals surface area contributed by atoms with Crippen molar-refractivity contribution in [2.24, 2.45) is 23.7 Å². The van der Waals surface area contributed by atoms with Gasteiger partial charge in [0.05, 0.1) is 12.1 Å². The van der Waals surface area contributed by atoms with Crippen molar-refractivity contribution in [1.29, 1.82) is 0 Å². The Bertz CT molecular complexity index is 1780. The molecule has 7 fully saturated rings. The summed E-state index contributed by atoms with van der Waals surface area (Å²) in [5, 5.41) is 17.1. The summed E-state index contributed by atoms with van der Waals surface area (Å²) in [6.45, 7) is 3.55. The number of rotatable bonds is 8. The van der Waals surface area contributed by atoms with Crippen molar-refractivity contribution in [2.45, 2.75) is 100 Å². The van der Waals surface area contributed by atoms with Gasteiger partial charge in [0, 0.05) is 70.0 Å².